The number of ether oxygens (including phenoxy) is 3. The molecule has 6 nitrogen and oxygen atoms in total. The van der Waals surface area contributed by atoms with E-state index in [1.165, 1.54) is 0 Å². The molecule has 0 aliphatic carbocycles. The van der Waals surface area contributed by atoms with Crippen LogP contribution in [0.5, 0.6) is 11.5 Å². The second kappa shape index (κ2) is 9.11. The number of thiocarbonyl (C=S) groups is 1. The van der Waals surface area contributed by atoms with E-state index in [0.717, 1.165) is 12.0 Å². The van der Waals surface area contributed by atoms with E-state index in [4.69, 9.17) is 19.9 Å². The van der Waals surface area contributed by atoms with Gasteiger partial charge in [0, 0.05) is 20.1 Å². The zero-order chi connectivity index (χ0) is 14.8. The second-order valence-corrected chi connectivity index (χ2v) is 4.28. The van der Waals surface area contributed by atoms with Gasteiger partial charge in [0.1, 0.15) is 0 Å². The van der Waals surface area contributed by atoms with Gasteiger partial charge >= 0.3 is 0 Å². The van der Waals surface area contributed by atoms with Gasteiger partial charge in [-0.2, -0.15) is 5.10 Å². The van der Waals surface area contributed by atoms with Crippen molar-refractivity contribution >= 4 is 23.5 Å². The normalized spacial score (nSPS) is 10.5. The second-order valence-electron chi connectivity index (χ2n) is 3.84. The summed E-state index contributed by atoms with van der Waals surface area (Å²) in [7, 11) is 3.26. The van der Waals surface area contributed by atoms with Crippen LogP contribution < -0.4 is 20.6 Å². The van der Waals surface area contributed by atoms with Crippen molar-refractivity contribution in [1.82, 2.24) is 5.43 Å². The summed E-state index contributed by atoms with van der Waals surface area (Å²) in [6.07, 6.45) is 2.40. The van der Waals surface area contributed by atoms with E-state index < -0.39 is 0 Å². The van der Waals surface area contributed by atoms with Crippen molar-refractivity contribution in [2.45, 2.75) is 6.42 Å². The van der Waals surface area contributed by atoms with Gasteiger partial charge in [0.2, 0.25) is 0 Å². The Morgan fingerprint density at radius 3 is 2.80 bits per heavy atom. The Hall–Kier alpha value is -1.86. The number of hydrogen-bond donors (Lipinski definition) is 2. The summed E-state index contributed by atoms with van der Waals surface area (Å²) in [6, 6.07) is 5.50. The molecule has 0 unspecified atom stereocenters. The molecule has 0 atom stereocenters. The standard InChI is InChI=1S/C13H19N3O3S/c1-17-6-3-7-19-12-8-10(4-5-11(12)18-2)9-15-16-13(14)20/h4-5,8-9H,3,6-7H2,1-2H3,(H3,14,16,20). The summed E-state index contributed by atoms with van der Waals surface area (Å²) < 4.78 is 15.9. The van der Waals surface area contributed by atoms with Gasteiger partial charge < -0.3 is 19.9 Å². The van der Waals surface area contributed by atoms with Crippen molar-refractivity contribution in [3.63, 3.8) is 0 Å². The molecular formula is C13H19N3O3S. The Morgan fingerprint density at radius 1 is 1.35 bits per heavy atom. The van der Waals surface area contributed by atoms with Crippen LogP contribution in [-0.2, 0) is 4.74 Å². The number of hydrazone groups is 1. The summed E-state index contributed by atoms with van der Waals surface area (Å²) in [5, 5.41) is 4.01. The molecule has 0 aliphatic heterocycles. The fourth-order valence-electron chi connectivity index (χ4n) is 1.44. The van der Waals surface area contributed by atoms with Crippen LogP contribution >= 0.6 is 12.2 Å². The first-order chi connectivity index (χ1) is 9.67. The summed E-state index contributed by atoms with van der Waals surface area (Å²) >= 11 is 4.65. The lowest BCUT2D eigenvalue weighted by Crippen LogP contribution is -2.23. The van der Waals surface area contributed by atoms with Crippen LogP contribution in [0.4, 0.5) is 0 Å². The largest absolute Gasteiger partial charge is 0.493 e. The Kier molecular flexibility index (Phi) is 7.38. The molecule has 3 N–H and O–H groups in total. The number of nitrogens with zero attached hydrogens (tertiary/aromatic N) is 1. The van der Waals surface area contributed by atoms with Crippen LogP contribution in [0.25, 0.3) is 0 Å². The fourth-order valence-corrected chi connectivity index (χ4v) is 1.49. The van der Waals surface area contributed by atoms with Gasteiger partial charge in [-0.15, -0.1) is 0 Å². The third kappa shape index (κ3) is 5.85. The van der Waals surface area contributed by atoms with E-state index in [0.29, 0.717) is 24.7 Å². The molecule has 0 saturated carbocycles. The summed E-state index contributed by atoms with van der Waals surface area (Å²) in [5.74, 6) is 1.32. The van der Waals surface area contributed by atoms with Crippen LogP contribution in [0.2, 0.25) is 0 Å². The zero-order valence-corrected chi connectivity index (χ0v) is 12.4. The maximum absolute atomic E-state index is 5.66. The average molecular weight is 297 g/mol. The van der Waals surface area contributed by atoms with Gasteiger partial charge in [0.05, 0.1) is 19.9 Å². The van der Waals surface area contributed by atoms with Crippen molar-refractivity contribution in [3.8, 4) is 11.5 Å². The van der Waals surface area contributed by atoms with E-state index in [-0.39, 0.29) is 5.11 Å². The van der Waals surface area contributed by atoms with Gasteiger partial charge in [-0.1, -0.05) is 0 Å². The summed E-state index contributed by atoms with van der Waals surface area (Å²) in [6.45, 7) is 1.21. The molecule has 0 aliphatic rings. The van der Waals surface area contributed by atoms with Crippen LogP contribution in [-0.4, -0.2) is 38.8 Å². The molecule has 110 valence electrons. The maximum atomic E-state index is 5.66. The fraction of sp³-hybridized carbons (Fsp3) is 0.385. The lowest BCUT2D eigenvalue weighted by atomic mass is 10.2. The molecular weight excluding hydrogens is 278 g/mol. The minimum atomic E-state index is 0.116. The van der Waals surface area contributed by atoms with E-state index in [9.17, 15) is 0 Å². The number of benzene rings is 1. The molecule has 0 heterocycles. The van der Waals surface area contributed by atoms with Crippen molar-refractivity contribution in [3.05, 3.63) is 23.8 Å². The third-order valence-electron chi connectivity index (χ3n) is 2.33. The van der Waals surface area contributed by atoms with Gasteiger partial charge in [-0.05, 0) is 36.0 Å². The minimum absolute atomic E-state index is 0.116. The highest BCUT2D eigenvalue weighted by Gasteiger charge is 2.05. The van der Waals surface area contributed by atoms with Gasteiger partial charge in [0.15, 0.2) is 16.6 Å². The Morgan fingerprint density at radius 2 is 2.15 bits per heavy atom. The highest BCUT2D eigenvalue weighted by Crippen LogP contribution is 2.27. The third-order valence-corrected chi connectivity index (χ3v) is 2.42. The van der Waals surface area contributed by atoms with E-state index in [1.54, 1.807) is 20.4 Å². The quantitative estimate of drug-likeness (QED) is 0.326. The Labute approximate surface area is 123 Å². The molecule has 1 rings (SSSR count). The predicted octanol–water partition coefficient (Wildman–Crippen LogP) is 1.28. The molecule has 0 amide bonds. The molecule has 0 spiro atoms. The molecule has 1 aromatic carbocycles. The molecule has 1 aromatic rings. The molecule has 0 fully saturated rings. The topological polar surface area (TPSA) is 78.1 Å². The van der Waals surface area contributed by atoms with Crippen LogP contribution in [0, 0.1) is 0 Å². The van der Waals surface area contributed by atoms with E-state index >= 15 is 0 Å². The number of rotatable bonds is 8. The first-order valence-electron chi connectivity index (χ1n) is 6.05. The average Bonchev–Trinajstić information content (AvgIpc) is 2.43. The molecule has 0 bridgehead atoms. The minimum Gasteiger partial charge on any atom is -0.493 e. The monoisotopic (exact) mass is 297 g/mol. The van der Waals surface area contributed by atoms with Crippen molar-refractivity contribution in [2.75, 3.05) is 27.4 Å². The summed E-state index contributed by atoms with van der Waals surface area (Å²) in [5.41, 5.74) is 8.61. The van der Waals surface area contributed by atoms with Crippen LogP contribution in [0.15, 0.2) is 23.3 Å². The van der Waals surface area contributed by atoms with Crippen molar-refractivity contribution < 1.29 is 14.2 Å². The van der Waals surface area contributed by atoms with E-state index in [2.05, 4.69) is 22.7 Å². The molecule has 20 heavy (non-hydrogen) atoms. The summed E-state index contributed by atoms with van der Waals surface area (Å²) in [4.78, 5) is 0. The highest BCUT2D eigenvalue weighted by molar-refractivity contribution is 7.80. The Bertz CT molecular complexity index is 466. The van der Waals surface area contributed by atoms with Crippen molar-refractivity contribution in [1.29, 1.82) is 0 Å². The van der Waals surface area contributed by atoms with Crippen LogP contribution in [0.1, 0.15) is 12.0 Å². The smallest absolute Gasteiger partial charge is 0.184 e. The Balaban J connectivity index is 2.69. The first-order valence-corrected chi connectivity index (χ1v) is 6.46. The SMILES string of the molecule is COCCCOc1cc(C=NNC(N)=S)ccc1OC. The molecule has 7 heteroatoms. The van der Waals surface area contributed by atoms with Crippen LogP contribution in [0.3, 0.4) is 0 Å². The molecule has 0 radical (unpaired) electrons. The zero-order valence-electron chi connectivity index (χ0n) is 11.6. The lowest BCUT2D eigenvalue weighted by molar-refractivity contribution is 0.170. The number of hydrogen-bond acceptors (Lipinski definition) is 5. The predicted molar refractivity (Wildman–Crippen MR) is 82.5 cm³/mol. The van der Waals surface area contributed by atoms with Gasteiger partial charge in [-0.25, -0.2) is 0 Å². The van der Waals surface area contributed by atoms with Gasteiger partial charge in [-0.3, -0.25) is 5.43 Å². The number of methoxy groups -OCH3 is 2. The lowest BCUT2D eigenvalue weighted by Gasteiger charge is -2.11. The highest BCUT2D eigenvalue weighted by atomic mass is 32.1. The maximum Gasteiger partial charge on any atom is 0.184 e. The van der Waals surface area contributed by atoms with E-state index in [1.807, 2.05) is 18.2 Å². The van der Waals surface area contributed by atoms with Gasteiger partial charge in [0.25, 0.3) is 0 Å². The van der Waals surface area contributed by atoms with Crippen molar-refractivity contribution in [2.24, 2.45) is 10.8 Å². The number of nitrogens with two attached hydrogens (primary N) is 1. The molecule has 0 saturated heterocycles. The number of nitrogens with one attached hydrogen (secondary N) is 1. The first kappa shape index (κ1) is 16.2. The molecule has 0 aromatic heterocycles.